The van der Waals surface area contributed by atoms with Gasteiger partial charge in [-0.2, -0.15) is 0 Å². The molecule has 3 atom stereocenters. The summed E-state index contributed by atoms with van der Waals surface area (Å²) >= 11 is 0. The van der Waals surface area contributed by atoms with Crippen molar-refractivity contribution in [2.24, 2.45) is 5.92 Å². The average molecular weight is 394 g/mol. The predicted molar refractivity (Wildman–Crippen MR) is 107 cm³/mol. The van der Waals surface area contributed by atoms with Gasteiger partial charge in [-0.1, -0.05) is 0 Å². The monoisotopic (exact) mass is 394 g/mol. The molecule has 2 amide bonds. The highest BCUT2D eigenvalue weighted by atomic mass is 16.5. The van der Waals surface area contributed by atoms with Crippen LogP contribution in [-0.4, -0.2) is 31.6 Å². The Bertz CT molecular complexity index is 1020. The third-order valence-corrected chi connectivity index (χ3v) is 6.10. The molecule has 7 heteroatoms. The largest absolute Gasteiger partial charge is 0.497 e. The number of anilines is 2. The number of nitrogens with one attached hydrogen (secondary N) is 2. The lowest BCUT2D eigenvalue weighted by Crippen LogP contribution is -2.34. The van der Waals surface area contributed by atoms with Crippen LogP contribution < -0.4 is 24.8 Å². The van der Waals surface area contributed by atoms with Crippen LogP contribution in [0.3, 0.4) is 0 Å². The van der Waals surface area contributed by atoms with E-state index in [9.17, 15) is 9.59 Å². The van der Waals surface area contributed by atoms with Gasteiger partial charge in [0.2, 0.25) is 5.91 Å². The summed E-state index contributed by atoms with van der Waals surface area (Å²) in [5.41, 5.74) is 2.04. The van der Waals surface area contributed by atoms with Gasteiger partial charge in [0.1, 0.15) is 17.2 Å². The van der Waals surface area contributed by atoms with Crippen LogP contribution in [0.25, 0.3) is 0 Å². The molecule has 1 saturated carbocycles. The highest BCUT2D eigenvalue weighted by Crippen LogP contribution is 2.61. The second-order valence-electron chi connectivity index (χ2n) is 7.82. The van der Waals surface area contributed by atoms with Crippen LogP contribution in [0.4, 0.5) is 11.4 Å². The summed E-state index contributed by atoms with van der Waals surface area (Å²) < 4.78 is 16.7. The van der Waals surface area contributed by atoms with E-state index >= 15 is 0 Å². The molecule has 1 fully saturated rings. The number of methoxy groups -OCH3 is 1. The molecule has 3 aliphatic rings. The lowest BCUT2D eigenvalue weighted by molar-refractivity contribution is -0.122. The van der Waals surface area contributed by atoms with Crippen molar-refractivity contribution in [1.82, 2.24) is 0 Å². The van der Waals surface area contributed by atoms with Crippen LogP contribution in [0, 0.1) is 5.92 Å². The Balaban J connectivity index is 1.35. The van der Waals surface area contributed by atoms with Crippen LogP contribution in [0.15, 0.2) is 36.4 Å². The molecule has 150 valence electrons. The third kappa shape index (κ3) is 2.88. The van der Waals surface area contributed by atoms with Crippen molar-refractivity contribution in [3.8, 4) is 17.2 Å². The van der Waals surface area contributed by atoms with Crippen molar-refractivity contribution in [1.29, 1.82) is 0 Å². The Morgan fingerprint density at radius 2 is 2.07 bits per heavy atom. The molecular formula is C22H22N2O5. The Kier molecular flexibility index (Phi) is 3.94. The van der Waals surface area contributed by atoms with Crippen molar-refractivity contribution in [3.63, 3.8) is 0 Å². The van der Waals surface area contributed by atoms with E-state index in [-0.39, 0.29) is 23.1 Å². The maximum absolute atomic E-state index is 13.0. The van der Waals surface area contributed by atoms with Crippen LogP contribution >= 0.6 is 0 Å². The van der Waals surface area contributed by atoms with Gasteiger partial charge in [0, 0.05) is 22.6 Å². The van der Waals surface area contributed by atoms with Crippen molar-refractivity contribution in [3.05, 3.63) is 42.0 Å². The summed E-state index contributed by atoms with van der Waals surface area (Å²) in [5.74, 6) is 1.84. The van der Waals surface area contributed by atoms with Crippen LogP contribution in [-0.2, 0) is 15.0 Å². The molecule has 2 aromatic carbocycles. The standard InChI is InChI=1S/C22H22N2O5/c1-12-20(25)24-17-9-13(3-5-19(17)29-12)23-21(26)16-11-22(16)7-8-28-18-6-4-14(27-2)10-15(18)22/h3-6,9-10,12,16H,7-8,11H2,1-2H3,(H,23,26)(H,24,25)/t12-,16+,22+/m0/s1. The summed E-state index contributed by atoms with van der Waals surface area (Å²) in [7, 11) is 1.63. The van der Waals surface area contributed by atoms with Crippen molar-refractivity contribution in [2.75, 3.05) is 24.4 Å². The van der Waals surface area contributed by atoms with Gasteiger partial charge < -0.3 is 24.8 Å². The van der Waals surface area contributed by atoms with Gasteiger partial charge in [-0.25, -0.2) is 0 Å². The van der Waals surface area contributed by atoms with Gasteiger partial charge in [0.25, 0.3) is 5.91 Å². The van der Waals surface area contributed by atoms with Crippen LogP contribution in [0.1, 0.15) is 25.3 Å². The average Bonchev–Trinajstić information content (AvgIpc) is 3.44. The minimum atomic E-state index is -0.528. The Morgan fingerprint density at radius 1 is 1.24 bits per heavy atom. The van der Waals surface area contributed by atoms with E-state index in [0.29, 0.717) is 23.7 Å². The van der Waals surface area contributed by atoms with Crippen molar-refractivity contribution < 1.29 is 23.8 Å². The summed E-state index contributed by atoms with van der Waals surface area (Å²) in [4.78, 5) is 24.8. The third-order valence-electron chi connectivity index (χ3n) is 6.10. The Labute approximate surface area is 168 Å². The fourth-order valence-corrected chi connectivity index (χ4v) is 4.37. The van der Waals surface area contributed by atoms with Crippen LogP contribution in [0.5, 0.6) is 17.2 Å². The Morgan fingerprint density at radius 3 is 2.90 bits per heavy atom. The molecule has 1 spiro atoms. The van der Waals surface area contributed by atoms with E-state index in [4.69, 9.17) is 14.2 Å². The number of hydrogen-bond donors (Lipinski definition) is 2. The number of rotatable bonds is 3. The van der Waals surface area contributed by atoms with E-state index < -0.39 is 6.10 Å². The first-order valence-corrected chi connectivity index (χ1v) is 9.74. The molecule has 2 aromatic rings. The van der Waals surface area contributed by atoms with E-state index in [1.165, 1.54) is 0 Å². The van der Waals surface area contributed by atoms with Gasteiger partial charge in [0.05, 0.1) is 19.4 Å². The van der Waals surface area contributed by atoms with Gasteiger partial charge in [-0.05, 0) is 56.2 Å². The van der Waals surface area contributed by atoms with Gasteiger partial charge >= 0.3 is 0 Å². The zero-order valence-corrected chi connectivity index (χ0v) is 16.3. The Hall–Kier alpha value is -3.22. The molecule has 0 aromatic heterocycles. The summed E-state index contributed by atoms with van der Waals surface area (Å²) in [6.07, 6.45) is 1.06. The molecule has 2 heterocycles. The highest BCUT2D eigenvalue weighted by molar-refractivity contribution is 6.00. The molecule has 7 nitrogen and oxygen atoms in total. The first-order valence-electron chi connectivity index (χ1n) is 9.74. The fourth-order valence-electron chi connectivity index (χ4n) is 4.37. The number of fused-ring (bicyclic) bond motifs is 3. The zero-order valence-electron chi connectivity index (χ0n) is 16.3. The number of hydrogen-bond acceptors (Lipinski definition) is 5. The number of carbonyl (C=O) groups excluding carboxylic acids is 2. The molecule has 5 rings (SSSR count). The summed E-state index contributed by atoms with van der Waals surface area (Å²) in [6, 6.07) is 11.0. The molecule has 0 bridgehead atoms. The van der Waals surface area contributed by atoms with Crippen LogP contribution in [0.2, 0.25) is 0 Å². The first-order chi connectivity index (χ1) is 14.0. The van der Waals surface area contributed by atoms with Gasteiger partial charge in [0.15, 0.2) is 6.10 Å². The lowest BCUT2D eigenvalue weighted by atomic mass is 9.87. The molecule has 1 aliphatic carbocycles. The highest BCUT2D eigenvalue weighted by Gasteiger charge is 2.61. The van der Waals surface area contributed by atoms with Crippen molar-refractivity contribution >= 4 is 23.2 Å². The molecular weight excluding hydrogens is 372 g/mol. The molecule has 0 saturated heterocycles. The van der Waals surface area contributed by atoms with E-state index in [1.807, 2.05) is 18.2 Å². The van der Waals surface area contributed by atoms with E-state index in [1.54, 1.807) is 32.2 Å². The predicted octanol–water partition coefficient (Wildman–Crippen LogP) is 3.09. The maximum atomic E-state index is 13.0. The smallest absolute Gasteiger partial charge is 0.265 e. The number of carbonyl (C=O) groups is 2. The molecule has 29 heavy (non-hydrogen) atoms. The minimum absolute atomic E-state index is 0.0305. The SMILES string of the molecule is COc1ccc2c(c1)[C@@]1(CCO2)C[C@@H]1C(=O)Nc1ccc2c(c1)NC(=O)[C@H](C)O2. The topological polar surface area (TPSA) is 85.9 Å². The number of benzene rings is 2. The lowest BCUT2D eigenvalue weighted by Gasteiger charge is -2.27. The fraction of sp³-hybridized carbons (Fsp3) is 0.364. The normalized spacial score (nSPS) is 26.3. The summed E-state index contributed by atoms with van der Waals surface area (Å²) in [6.45, 7) is 2.30. The second-order valence-corrected chi connectivity index (χ2v) is 7.82. The zero-order chi connectivity index (χ0) is 20.2. The van der Waals surface area contributed by atoms with Gasteiger partial charge in [-0.15, -0.1) is 0 Å². The molecule has 0 radical (unpaired) electrons. The van der Waals surface area contributed by atoms with E-state index in [2.05, 4.69) is 10.6 Å². The maximum Gasteiger partial charge on any atom is 0.265 e. The minimum Gasteiger partial charge on any atom is -0.497 e. The molecule has 2 aliphatic heterocycles. The van der Waals surface area contributed by atoms with Gasteiger partial charge in [-0.3, -0.25) is 9.59 Å². The molecule has 2 N–H and O–H groups in total. The number of amides is 2. The quantitative estimate of drug-likeness (QED) is 0.836. The second kappa shape index (κ2) is 6.40. The van der Waals surface area contributed by atoms with Crippen molar-refractivity contribution in [2.45, 2.75) is 31.3 Å². The number of ether oxygens (including phenoxy) is 3. The first kappa shape index (κ1) is 17.8. The molecule has 0 unspecified atom stereocenters. The van der Waals surface area contributed by atoms with E-state index in [0.717, 1.165) is 29.9 Å². The summed E-state index contributed by atoms with van der Waals surface area (Å²) in [5, 5.41) is 5.80.